The topological polar surface area (TPSA) is 80.7 Å². The van der Waals surface area contributed by atoms with Gasteiger partial charge in [0.1, 0.15) is 13.3 Å². The molecular formula is C18H13BrN4O3S. The molecule has 0 spiro atoms. The Balaban J connectivity index is 1.72. The molecular weight excluding hydrogens is 432 g/mol. The third-order valence-electron chi connectivity index (χ3n) is 4.13. The van der Waals surface area contributed by atoms with Crippen LogP contribution in [-0.4, -0.2) is 16.2 Å². The molecule has 0 fully saturated rings. The fraction of sp³-hybridized carbons (Fsp3) is 0.111. The van der Waals surface area contributed by atoms with E-state index in [9.17, 15) is 14.9 Å². The highest BCUT2D eigenvalue weighted by Crippen LogP contribution is 2.20. The molecule has 2 aromatic carbocycles. The molecule has 0 atom stereocenters. The molecule has 7 nitrogen and oxygen atoms in total. The van der Waals surface area contributed by atoms with Crippen LogP contribution in [-0.2, 0) is 6.67 Å². The molecule has 0 saturated heterocycles. The lowest BCUT2D eigenvalue weighted by molar-refractivity contribution is -0.384. The van der Waals surface area contributed by atoms with Crippen LogP contribution in [0.5, 0.6) is 0 Å². The van der Waals surface area contributed by atoms with Gasteiger partial charge in [-0.1, -0.05) is 45.5 Å². The van der Waals surface area contributed by atoms with Gasteiger partial charge in [0.05, 0.1) is 9.46 Å². The Labute approximate surface area is 165 Å². The monoisotopic (exact) mass is 444 g/mol. The van der Waals surface area contributed by atoms with Gasteiger partial charge >= 0.3 is 0 Å². The zero-order valence-corrected chi connectivity index (χ0v) is 16.3. The van der Waals surface area contributed by atoms with E-state index in [2.05, 4.69) is 20.9 Å². The maximum absolute atomic E-state index is 12.8. The molecule has 1 aliphatic rings. The highest BCUT2D eigenvalue weighted by Gasteiger charge is 2.16. The molecule has 0 N–H and O–H groups in total. The van der Waals surface area contributed by atoms with Crippen molar-refractivity contribution in [1.29, 1.82) is 0 Å². The maximum Gasteiger partial charge on any atom is 0.271 e. The van der Waals surface area contributed by atoms with Gasteiger partial charge in [0.25, 0.3) is 11.2 Å². The van der Waals surface area contributed by atoms with Crippen molar-refractivity contribution in [2.24, 2.45) is 4.99 Å². The first-order valence-electron chi connectivity index (χ1n) is 8.02. The first-order chi connectivity index (χ1) is 13.0. The quantitative estimate of drug-likeness (QED) is 0.458. The highest BCUT2D eigenvalue weighted by atomic mass is 79.9. The number of nitro benzene ring substituents is 1. The molecule has 0 unspecified atom stereocenters. The average molecular weight is 445 g/mol. The van der Waals surface area contributed by atoms with Gasteiger partial charge in [-0.2, -0.15) is 0 Å². The SMILES string of the molecule is O=c1/c(=C/c2cccc([N+](=O)[O-])c2)sc2n1CN(c1cccc(Br)c1)CN=2. The lowest BCUT2D eigenvalue weighted by atomic mass is 10.2. The van der Waals surface area contributed by atoms with Gasteiger partial charge in [-0.25, -0.2) is 4.99 Å². The van der Waals surface area contributed by atoms with Gasteiger partial charge in [0.2, 0.25) is 0 Å². The lowest BCUT2D eigenvalue weighted by Gasteiger charge is -2.25. The molecule has 27 heavy (non-hydrogen) atoms. The van der Waals surface area contributed by atoms with Gasteiger partial charge < -0.3 is 4.90 Å². The molecule has 0 bridgehead atoms. The van der Waals surface area contributed by atoms with Crippen LogP contribution in [0.15, 0.2) is 62.8 Å². The van der Waals surface area contributed by atoms with E-state index in [1.807, 2.05) is 29.2 Å². The molecule has 2 heterocycles. The van der Waals surface area contributed by atoms with Crippen molar-refractivity contribution in [3.8, 4) is 0 Å². The number of halogens is 1. The molecule has 0 aliphatic carbocycles. The summed E-state index contributed by atoms with van der Waals surface area (Å²) in [5.41, 5.74) is 1.44. The second-order valence-electron chi connectivity index (χ2n) is 5.94. The summed E-state index contributed by atoms with van der Waals surface area (Å²) in [6, 6.07) is 14.1. The zero-order chi connectivity index (χ0) is 19.0. The summed E-state index contributed by atoms with van der Waals surface area (Å²) in [6.07, 6.45) is 1.67. The fourth-order valence-electron chi connectivity index (χ4n) is 2.83. The second-order valence-corrected chi connectivity index (χ2v) is 7.86. The van der Waals surface area contributed by atoms with Crippen LogP contribution < -0.4 is 19.8 Å². The van der Waals surface area contributed by atoms with Crippen LogP contribution in [0.25, 0.3) is 6.08 Å². The van der Waals surface area contributed by atoms with Crippen LogP contribution in [0.3, 0.4) is 0 Å². The Hall–Kier alpha value is -2.78. The van der Waals surface area contributed by atoms with E-state index in [1.165, 1.54) is 23.5 Å². The van der Waals surface area contributed by atoms with Crippen molar-refractivity contribution in [3.63, 3.8) is 0 Å². The molecule has 9 heteroatoms. The summed E-state index contributed by atoms with van der Waals surface area (Å²) >= 11 is 4.75. The van der Waals surface area contributed by atoms with Crippen LogP contribution in [0.2, 0.25) is 0 Å². The van der Waals surface area contributed by atoms with Crippen molar-refractivity contribution in [2.45, 2.75) is 6.67 Å². The van der Waals surface area contributed by atoms with Crippen LogP contribution in [0.1, 0.15) is 5.56 Å². The van der Waals surface area contributed by atoms with Gasteiger partial charge in [0.15, 0.2) is 4.80 Å². The van der Waals surface area contributed by atoms with Crippen LogP contribution in [0, 0.1) is 10.1 Å². The maximum atomic E-state index is 12.8. The minimum absolute atomic E-state index is 0.00399. The predicted octanol–water partition coefficient (Wildman–Crippen LogP) is 2.46. The predicted molar refractivity (Wildman–Crippen MR) is 108 cm³/mol. The summed E-state index contributed by atoms with van der Waals surface area (Å²) in [6.45, 7) is 0.875. The summed E-state index contributed by atoms with van der Waals surface area (Å²) in [5, 5.41) is 10.9. The average Bonchev–Trinajstić information content (AvgIpc) is 2.97. The van der Waals surface area contributed by atoms with Crippen molar-refractivity contribution >= 4 is 44.7 Å². The number of aromatic nitrogens is 1. The largest absolute Gasteiger partial charge is 0.334 e. The number of nitro groups is 1. The summed E-state index contributed by atoms with van der Waals surface area (Å²) in [5.74, 6) is 0. The first-order valence-corrected chi connectivity index (χ1v) is 9.63. The minimum Gasteiger partial charge on any atom is -0.334 e. The van der Waals surface area contributed by atoms with E-state index >= 15 is 0 Å². The van der Waals surface area contributed by atoms with E-state index < -0.39 is 4.92 Å². The molecule has 136 valence electrons. The highest BCUT2D eigenvalue weighted by molar-refractivity contribution is 9.10. The number of non-ortho nitro benzene ring substituents is 1. The van der Waals surface area contributed by atoms with Gasteiger partial charge in [0, 0.05) is 22.3 Å². The number of fused-ring (bicyclic) bond motifs is 1. The third kappa shape index (κ3) is 3.56. The standard InChI is InChI=1S/C18H13BrN4O3S/c19-13-4-2-5-14(9-13)21-10-20-18-22(11-21)17(24)16(27-18)8-12-3-1-6-15(7-12)23(25)26/h1-9H,10-11H2/b16-8-. The third-order valence-corrected chi connectivity index (χ3v) is 5.67. The summed E-state index contributed by atoms with van der Waals surface area (Å²) in [4.78, 5) is 30.4. The number of nitrogens with zero attached hydrogens (tertiary/aromatic N) is 4. The van der Waals surface area contributed by atoms with E-state index in [1.54, 1.807) is 22.8 Å². The van der Waals surface area contributed by atoms with Crippen molar-refractivity contribution < 1.29 is 4.92 Å². The number of hydrogen-bond acceptors (Lipinski definition) is 6. The van der Waals surface area contributed by atoms with E-state index in [0.29, 0.717) is 28.2 Å². The van der Waals surface area contributed by atoms with Crippen LogP contribution in [0.4, 0.5) is 11.4 Å². The van der Waals surface area contributed by atoms with Crippen molar-refractivity contribution in [3.05, 3.63) is 88.4 Å². The zero-order valence-electron chi connectivity index (χ0n) is 13.9. The van der Waals surface area contributed by atoms with Crippen molar-refractivity contribution in [2.75, 3.05) is 11.6 Å². The number of thiazole rings is 1. The Morgan fingerprint density at radius 3 is 2.81 bits per heavy atom. The summed E-state index contributed by atoms with van der Waals surface area (Å²) in [7, 11) is 0. The Bertz CT molecular complexity index is 1220. The molecule has 4 rings (SSSR count). The Morgan fingerprint density at radius 1 is 1.22 bits per heavy atom. The second kappa shape index (κ2) is 7.09. The van der Waals surface area contributed by atoms with Crippen molar-refractivity contribution in [1.82, 2.24) is 4.57 Å². The number of rotatable bonds is 3. The molecule has 0 amide bonds. The Morgan fingerprint density at radius 2 is 2.04 bits per heavy atom. The molecule has 0 radical (unpaired) electrons. The van der Waals surface area contributed by atoms with Gasteiger partial charge in [-0.15, -0.1) is 0 Å². The van der Waals surface area contributed by atoms with E-state index in [0.717, 1.165) is 10.2 Å². The van der Waals surface area contributed by atoms with Crippen LogP contribution >= 0.6 is 27.3 Å². The molecule has 1 aromatic heterocycles. The first kappa shape index (κ1) is 17.6. The molecule has 3 aromatic rings. The molecule has 1 aliphatic heterocycles. The molecule has 0 saturated carbocycles. The smallest absolute Gasteiger partial charge is 0.271 e. The minimum atomic E-state index is -0.450. The lowest BCUT2D eigenvalue weighted by Crippen LogP contribution is -2.42. The van der Waals surface area contributed by atoms with E-state index in [4.69, 9.17) is 0 Å². The summed E-state index contributed by atoms with van der Waals surface area (Å²) < 4.78 is 3.09. The van der Waals surface area contributed by atoms with Gasteiger partial charge in [-0.3, -0.25) is 19.5 Å². The normalized spacial score (nSPS) is 14.0. The van der Waals surface area contributed by atoms with E-state index in [-0.39, 0.29) is 11.2 Å². The number of benzene rings is 2. The van der Waals surface area contributed by atoms with Gasteiger partial charge in [-0.05, 0) is 29.8 Å². The Kier molecular flexibility index (Phi) is 4.63. The fourth-order valence-corrected chi connectivity index (χ4v) is 4.18. The number of hydrogen-bond donors (Lipinski definition) is 0. The number of anilines is 1.